The Kier molecular flexibility index (Phi) is 4.79. The van der Waals surface area contributed by atoms with Crippen LogP contribution in [0.5, 0.6) is 0 Å². The van der Waals surface area contributed by atoms with Crippen molar-refractivity contribution in [3.8, 4) is 0 Å². The lowest BCUT2D eigenvalue weighted by molar-refractivity contribution is 0.0958. The Morgan fingerprint density at radius 3 is 2.72 bits per heavy atom. The van der Waals surface area contributed by atoms with Crippen molar-refractivity contribution >= 4 is 11.7 Å². The molecule has 0 saturated heterocycles. The highest BCUT2D eigenvalue weighted by Gasteiger charge is 2.34. The molecule has 1 amide bonds. The molecule has 1 aliphatic rings. The number of ketones is 1. The van der Waals surface area contributed by atoms with Crippen LogP contribution in [0.25, 0.3) is 0 Å². The normalized spacial score (nSPS) is 18.6. The first-order valence-corrected chi connectivity index (χ1v) is 8.39. The highest BCUT2D eigenvalue weighted by atomic mass is 16.2. The lowest BCUT2D eigenvalue weighted by atomic mass is 10.0. The van der Waals surface area contributed by atoms with Crippen LogP contribution in [-0.4, -0.2) is 28.3 Å². The summed E-state index contributed by atoms with van der Waals surface area (Å²) in [6, 6.07) is 8.10. The van der Waals surface area contributed by atoms with E-state index < -0.39 is 0 Å². The maximum atomic E-state index is 12.5. The van der Waals surface area contributed by atoms with Gasteiger partial charge in [-0.05, 0) is 36.5 Å². The van der Waals surface area contributed by atoms with Gasteiger partial charge in [-0.3, -0.25) is 14.4 Å². The molecule has 1 saturated carbocycles. The molecule has 2 heterocycles. The summed E-state index contributed by atoms with van der Waals surface area (Å²) in [5, 5.41) is 2.53. The summed E-state index contributed by atoms with van der Waals surface area (Å²) in [6.07, 6.45) is 3.22. The van der Waals surface area contributed by atoms with E-state index in [2.05, 4.69) is 17.2 Å². The highest BCUT2D eigenvalue weighted by Crippen LogP contribution is 2.41. The van der Waals surface area contributed by atoms with Crippen LogP contribution in [0.2, 0.25) is 0 Å². The Bertz CT molecular complexity index is 872. The molecule has 25 heavy (non-hydrogen) atoms. The molecule has 1 fully saturated rings. The predicted octanol–water partition coefficient (Wildman–Crippen LogP) is 1.88. The Morgan fingerprint density at radius 1 is 1.32 bits per heavy atom. The molecule has 1 aliphatic carbocycles. The molecule has 130 valence electrons. The van der Waals surface area contributed by atoms with E-state index in [1.807, 2.05) is 0 Å². The standard InChI is InChI=1S/C19H21N3O3/c1-12-7-13(12)10-17(23)14-8-15(21-16(9-14)19(25)20-2)11-22-6-4-3-5-18(22)24/h3-6,8-9,12-13H,7,10-11H2,1-2H3,(H,20,25)/t12-,13+/m0/s1. The van der Waals surface area contributed by atoms with Crippen molar-refractivity contribution in [1.29, 1.82) is 0 Å². The molecule has 2 aromatic rings. The zero-order valence-corrected chi connectivity index (χ0v) is 14.4. The van der Waals surface area contributed by atoms with E-state index in [1.54, 1.807) is 24.4 Å². The number of nitrogens with zero attached hydrogens (tertiary/aromatic N) is 2. The molecule has 2 aromatic heterocycles. The van der Waals surface area contributed by atoms with Crippen LogP contribution < -0.4 is 10.9 Å². The van der Waals surface area contributed by atoms with Crippen LogP contribution in [0.3, 0.4) is 0 Å². The SMILES string of the molecule is CNC(=O)c1cc(C(=O)C[C@H]2C[C@@H]2C)cc(Cn2ccccc2=O)n1. The first kappa shape index (κ1) is 17.1. The van der Waals surface area contributed by atoms with E-state index in [9.17, 15) is 14.4 Å². The second-order valence-electron chi connectivity index (χ2n) is 6.58. The van der Waals surface area contributed by atoms with Crippen molar-refractivity contribution in [3.63, 3.8) is 0 Å². The highest BCUT2D eigenvalue weighted by molar-refractivity contribution is 5.99. The molecule has 0 bridgehead atoms. The molecule has 6 nitrogen and oxygen atoms in total. The lowest BCUT2D eigenvalue weighted by Crippen LogP contribution is -2.23. The third-order valence-electron chi connectivity index (χ3n) is 4.62. The van der Waals surface area contributed by atoms with Crippen molar-refractivity contribution in [1.82, 2.24) is 14.9 Å². The Balaban J connectivity index is 1.92. The van der Waals surface area contributed by atoms with Gasteiger partial charge >= 0.3 is 0 Å². The lowest BCUT2D eigenvalue weighted by Gasteiger charge is -2.09. The van der Waals surface area contributed by atoms with E-state index in [0.717, 1.165) is 6.42 Å². The first-order chi connectivity index (χ1) is 12.0. The number of rotatable bonds is 6. The number of Topliss-reactive ketones (excluding diaryl/α,β-unsaturated/α-hetero) is 1. The average molecular weight is 339 g/mol. The molecule has 0 aromatic carbocycles. The molecule has 0 spiro atoms. The van der Waals surface area contributed by atoms with Crippen LogP contribution in [0, 0.1) is 11.8 Å². The Morgan fingerprint density at radius 2 is 2.08 bits per heavy atom. The minimum atomic E-state index is -0.351. The van der Waals surface area contributed by atoms with E-state index in [1.165, 1.54) is 23.7 Å². The second-order valence-corrected chi connectivity index (χ2v) is 6.58. The maximum absolute atomic E-state index is 12.5. The largest absolute Gasteiger partial charge is 0.354 e. The number of aromatic nitrogens is 2. The first-order valence-electron chi connectivity index (χ1n) is 8.39. The monoisotopic (exact) mass is 339 g/mol. The Hall–Kier alpha value is -2.76. The van der Waals surface area contributed by atoms with E-state index in [4.69, 9.17) is 0 Å². The maximum Gasteiger partial charge on any atom is 0.269 e. The van der Waals surface area contributed by atoms with Crippen LogP contribution in [0.1, 0.15) is 46.3 Å². The number of pyridine rings is 2. The fourth-order valence-corrected chi connectivity index (χ4v) is 2.88. The quantitative estimate of drug-likeness (QED) is 0.815. The van der Waals surface area contributed by atoms with Gasteiger partial charge in [0.15, 0.2) is 5.78 Å². The van der Waals surface area contributed by atoms with Crippen LogP contribution in [-0.2, 0) is 6.54 Å². The van der Waals surface area contributed by atoms with E-state index in [0.29, 0.717) is 29.5 Å². The van der Waals surface area contributed by atoms with Crippen LogP contribution >= 0.6 is 0 Å². The fraction of sp³-hybridized carbons (Fsp3) is 0.368. The number of nitrogens with one attached hydrogen (secondary N) is 1. The molecular weight excluding hydrogens is 318 g/mol. The van der Waals surface area contributed by atoms with Crippen molar-refractivity contribution in [2.45, 2.75) is 26.3 Å². The van der Waals surface area contributed by atoms with Gasteiger partial charge in [0.25, 0.3) is 11.5 Å². The van der Waals surface area contributed by atoms with Crippen molar-refractivity contribution in [2.24, 2.45) is 11.8 Å². The van der Waals surface area contributed by atoms with Gasteiger partial charge in [0.1, 0.15) is 5.69 Å². The van der Waals surface area contributed by atoms with Crippen LogP contribution in [0.15, 0.2) is 41.3 Å². The second kappa shape index (κ2) is 7.01. The number of amides is 1. The van der Waals surface area contributed by atoms with Crippen molar-refractivity contribution in [3.05, 3.63) is 63.8 Å². The van der Waals surface area contributed by atoms with Gasteiger partial charge < -0.3 is 9.88 Å². The van der Waals surface area contributed by atoms with Gasteiger partial charge in [0.05, 0.1) is 12.2 Å². The molecular formula is C19H21N3O3. The zero-order chi connectivity index (χ0) is 18.0. The minimum absolute atomic E-state index is 0.0172. The topological polar surface area (TPSA) is 81.1 Å². The minimum Gasteiger partial charge on any atom is -0.354 e. The third kappa shape index (κ3) is 4.02. The number of hydrogen-bond donors (Lipinski definition) is 1. The summed E-state index contributed by atoms with van der Waals surface area (Å²) in [6.45, 7) is 2.35. The molecule has 0 aliphatic heterocycles. The molecule has 0 unspecified atom stereocenters. The summed E-state index contributed by atoms with van der Waals surface area (Å²) in [5.41, 5.74) is 1.03. The molecule has 1 N–H and O–H groups in total. The summed E-state index contributed by atoms with van der Waals surface area (Å²) in [7, 11) is 1.52. The predicted molar refractivity (Wildman–Crippen MR) is 93.6 cm³/mol. The molecule has 6 heteroatoms. The number of carbonyl (C=O) groups excluding carboxylic acids is 2. The van der Waals surface area contributed by atoms with Gasteiger partial charge in [-0.15, -0.1) is 0 Å². The average Bonchev–Trinajstić information content (AvgIpc) is 3.30. The van der Waals surface area contributed by atoms with E-state index >= 15 is 0 Å². The van der Waals surface area contributed by atoms with Gasteiger partial charge in [0, 0.05) is 31.3 Å². The summed E-state index contributed by atoms with van der Waals surface area (Å²) >= 11 is 0. The van der Waals surface area contributed by atoms with Gasteiger partial charge in [-0.1, -0.05) is 13.0 Å². The fourth-order valence-electron chi connectivity index (χ4n) is 2.88. The summed E-state index contributed by atoms with van der Waals surface area (Å²) < 4.78 is 1.49. The van der Waals surface area contributed by atoms with Crippen molar-refractivity contribution in [2.75, 3.05) is 7.05 Å². The number of hydrogen-bond acceptors (Lipinski definition) is 4. The molecule has 3 rings (SSSR count). The third-order valence-corrected chi connectivity index (χ3v) is 4.62. The Labute approximate surface area is 145 Å². The van der Waals surface area contributed by atoms with Gasteiger partial charge in [-0.25, -0.2) is 4.98 Å². The van der Waals surface area contributed by atoms with Crippen molar-refractivity contribution < 1.29 is 9.59 Å². The summed E-state index contributed by atoms with van der Waals surface area (Å²) in [5.74, 6) is 0.690. The summed E-state index contributed by atoms with van der Waals surface area (Å²) in [4.78, 5) is 40.7. The zero-order valence-electron chi connectivity index (χ0n) is 14.4. The molecule has 2 atom stereocenters. The number of carbonyl (C=O) groups is 2. The molecule has 0 radical (unpaired) electrons. The van der Waals surface area contributed by atoms with Crippen LogP contribution in [0.4, 0.5) is 0 Å². The van der Waals surface area contributed by atoms with Gasteiger partial charge in [-0.2, -0.15) is 0 Å². The smallest absolute Gasteiger partial charge is 0.269 e. The van der Waals surface area contributed by atoms with E-state index in [-0.39, 0.29) is 29.5 Å². The van der Waals surface area contributed by atoms with Gasteiger partial charge in [0.2, 0.25) is 0 Å².